The average molecular weight is 532 g/mol. The molecule has 0 bridgehead atoms. The van der Waals surface area contributed by atoms with Crippen LogP contribution in [-0.4, -0.2) is 45.3 Å². The summed E-state index contributed by atoms with van der Waals surface area (Å²) in [4.78, 5) is 12.0. The van der Waals surface area contributed by atoms with Gasteiger partial charge in [-0.15, -0.1) is 0 Å². The van der Waals surface area contributed by atoms with E-state index < -0.39 is 28.0 Å². The van der Waals surface area contributed by atoms with Crippen LogP contribution in [0.25, 0.3) is 0 Å². The van der Waals surface area contributed by atoms with Crippen LogP contribution in [0, 0.1) is 0 Å². The molecule has 3 aromatic carbocycles. The van der Waals surface area contributed by atoms with E-state index in [4.69, 9.17) is 21.1 Å². The SMILES string of the molecule is CCOC(=O)[C@H](C)Oc1ccc(S(=O)(=O)c2ccc(CCNC[C@H](O)c3cccc(Cl)c3)cc2)cc1. The van der Waals surface area contributed by atoms with E-state index in [1.165, 1.54) is 24.3 Å². The van der Waals surface area contributed by atoms with Gasteiger partial charge in [0.2, 0.25) is 9.84 Å². The van der Waals surface area contributed by atoms with Gasteiger partial charge in [0.05, 0.1) is 22.5 Å². The van der Waals surface area contributed by atoms with Gasteiger partial charge in [-0.05, 0) is 86.5 Å². The molecule has 3 rings (SSSR count). The first-order valence-electron chi connectivity index (χ1n) is 11.6. The van der Waals surface area contributed by atoms with Crippen LogP contribution >= 0.6 is 11.6 Å². The van der Waals surface area contributed by atoms with Crippen molar-refractivity contribution in [3.63, 3.8) is 0 Å². The number of nitrogens with one attached hydrogen (secondary N) is 1. The zero-order chi connectivity index (χ0) is 26.1. The van der Waals surface area contributed by atoms with Crippen molar-refractivity contribution in [2.24, 2.45) is 0 Å². The fourth-order valence-electron chi connectivity index (χ4n) is 3.48. The van der Waals surface area contributed by atoms with Crippen LogP contribution in [0.5, 0.6) is 5.75 Å². The molecule has 7 nitrogen and oxygen atoms in total. The van der Waals surface area contributed by atoms with E-state index in [1.54, 1.807) is 56.3 Å². The van der Waals surface area contributed by atoms with E-state index in [-0.39, 0.29) is 16.4 Å². The smallest absolute Gasteiger partial charge is 0.347 e. The molecule has 0 unspecified atom stereocenters. The third-order valence-electron chi connectivity index (χ3n) is 5.46. The second-order valence-electron chi connectivity index (χ2n) is 8.16. The van der Waals surface area contributed by atoms with Crippen LogP contribution in [-0.2, 0) is 25.8 Å². The number of benzene rings is 3. The van der Waals surface area contributed by atoms with Crippen LogP contribution in [0.4, 0.5) is 0 Å². The number of aliphatic hydroxyl groups is 1. The van der Waals surface area contributed by atoms with Crippen molar-refractivity contribution in [2.75, 3.05) is 19.7 Å². The fourth-order valence-corrected chi connectivity index (χ4v) is 4.94. The molecule has 0 aliphatic heterocycles. The zero-order valence-electron chi connectivity index (χ0n) is 20.2. The summed E-state index contributed by atoms with van der Waals surface area (Å²) < 4.78 is 36.4. The second-order valence-corrected chi connectivity index (χ2v) is 10.5. The lowest BCUT2D eigenvalue weighted by Crippen LogP contribution is -2.26. The van der Waals surface area contributed by atoms with Crippen LogP contribution in [0.2, 0.25) is 5.02 Å². The molecule has 0 aliphatic rings. The minimum absolute atomic E-state index is 0.128. The van der Waals surface area contributed by atoms with Crippen LogP contribution in [0.1, 0.15) is 31.1 Å². The number of aliphatic hydroxyl groups excluding tert-OH is 1. The first kappa shape index (κ1) is 27.7. The number of halogens is 1. The van der Waals surface area contributed by atoms with Crippen molar-refractivity contribution >= 4 is 27.4 Å². The molecule has 0 saturated carbocycles. The van der Waals surface area contributed by atoms with Crippen LogP contribution < -0.4 is 10.1 Å². The normalized spacial score (nSPS) is 13.1. The Kier molecular flexibility index (Phi) is 9.89. The monoisotopic (exact) mass is 531 g/mol. The number of esters is 1. The number of carbonyl (C=O) groups excluding carboxylic acids is 1. The molecule has 0 aliphatic carbocycles. The van der Waals surface area contributed by atoms with Gasteiger partial charge in [0.25, 0.3) is 0 Å². The van der Waals surface area contributed by atoms with Gasteiger partial charge in [-0.3, -0.25) is 0 Å². The summed E-state index contributed by atoms with van der Waals surface area (Å²) in [6.45, 7) is 4.54. The third-order valence-corrected chi connectivity index (χ3v) is 7.48. The molecule has 2 N–H and O–H groups in total. The molecule has 0 radical (unpaired) electrons. The molecule has 0 saturated heterocycles. The number of sulfone groups is 1. The van der Waals surface area contributed by atoms with Gasteiger partial charge in [-0.25, -0.2) is 13.2 Å². The van der Waals surface area contributed by atoms with Gasteiger partial charge < -0.3 is 19.9 Å². The molecule has 2 atom stereocenters. The molecule has 0 heterocycles. The standard InChI is InChI=1S/C27H30ClNO6S/c1-3-34-27(31)19(2)35-23-9-13-25(14-10-23)36(32,33)24-11-7-20(8-12-24)15-16-29-18-26(30)21-5-4-6-22(28)17-21/h4-14,17,19,26,29-30H,3,15-16,18H2,1-2H3/t19-,26-/m0/s1. The Morgan fingerprint density at radius 2 is 1.67 bits per heavy atom. The predicted octanol–water partition coefficient (Wildman–Crippen LogP) is 4.37. The van der Waals surface area contributed by atoms with Gasteiger partial charge >= 0.3 is 5.97 Å². The minimum atomic E-state index is -3.70. The highest BCUT2D eigenvalue weighted by molar-refractivity contribution is 7.91. The van der Waals surface area contributed by atoms with E-state index >= 15 is 0 Å². The van der Waals surface area contributed by atoms with E-state index in [2.05, 4.69) is 5.32 Å². The van der Waals surface area contributed by atoms with E-state index in [0.29, 0.717) is 30.3 Å². The Balaban J connectivity index is 1.53. The summed E-state index contributed by atoms with van der Waals surface area (Å²) >= 11 is 5.96. The van der Waals surface area contributed by atoms with Gasteiger partial charge in [0, 0.05) is 11.6 Å². The highest BCUT2D eigenvalue weighted by Crippen LogP contribution is 2.24. The third kappa shape index (κ3) is 7.54. The van der Waals surface area contributed by atoms with Gasteiger partial charge in [-0.1, -0.05) is 35.9 Å². The first-order valence-corrected chi connectivity index (χ1v) is 13.5. The highest BCUT2D eigenvalue weighted by Gasteiger charge is 2.19. The van der Waals surface area contributed by atoms with Crippen molar-refractivity contribution in [2.45, 2.75) is 42.3 Å². The Bertz CT molecular complexity index is 1250. The van der Waals surface area contributed by atoms with E-state index in [1.807, 2.05) is 6.07 Å². The number of hydrogen-bond acceptors (Lipinski definition) is 7. The lowest BCUT2D eigenvalue weighted by atomic mass is 10.1. The lowest BCUT2D eigenvalue weighted by molar-refractivity contribution is -0.150. The first-order chi connectivity index (χ1) is 17.2. The molecule has 0 aromatic heterocycles. The van der Waals surface area contributed by atoms with Gasteiger partial charge in [-0.2, -0.15) is 0 Å². The Morgan fingerprint density at radius 3 is 2.28 bits per heavy atom. The molecule has 36 heavy (non-hydrogen) atoms. The Morgan fingerprint density at radius 1 is 1.03 bits per heavy atom. The van der Waals surface area contributed by atoms with Crippen molar-refractivity contribution in [1.29, 1.82) is 0 Å². The summed E-state index contributed by atoms with van der Waals surface area (Å²) in [5, 5.41) is 14.0. The number of carbonyl (C=O) groups is 1. The summed E-state index contributed by atoms with van der Waals surface area (Å²) in [6.07, 6.45) is -0.788. The maximum atomic E-state index is 13.0. The Hall–Kier alpha value is -2.91. The van der Waals surface area contributed by atoms with Gasteiger partial charge in [0.15, 0.2) is 6.10 Å². The molecule has 192 valence electrons. The molecule has 0 fully saturated rings. The summed E-state index contributed by atoms with van der Waals surface area (Å²) in [5.41, 5.74) is 1.72. The van der Waals surface area contributed by atoms with Crippen molar-refractivity contribution in [3.05, 3.63) is 88.9 Å². The average Bonchev–Trinajstić information content (AvgIpc) is 2.87. The molecule has 3 aromatic rings. The molecular formula is C27H30ClNO6S. The highest BCUT2D eigenvalue weighted by atomic mass is 35.5. The van der Waals surface area contributed by atoms with Crippen molar-refractivity contribution in [3.8, 4) is 5.75 Å². The van der Waals surface area contributed by atoms with E-state index in [9.17, 15) is 18.3 Å². The topological polar surface area (TPSA) is 102 Å². The number of rotatable bonds is 12. The minimum Gasteiger partial charge on any atom is -0.479 e. The Labute approximate surface area is 216 Å². The summed E-state index contributed by atoms with van der Waals surface area (Å²) in [6, 6.07) is 19.8. The lowest BCUT2D eigenvalue weighted by Gasteiger charge is -2.14. The molecule has 9 heteroatoms. The van der Waals surface area contributed by atoms with Gasteiger partial charge in [0.1, 0.15) is 5.75 Å². The quantitative estimate of drug-likeness (QED) is 0.264. The largest absolute Gasteiger partial charge is 0.479 e. The van der Waals surface area contributed by atoms with Crippen LogP contribution in [0.3, 0.4) is 0 Å². The number of hydrogen-bond donors (Lipinski definition) is 2. The number of ether oxygens (including phenoxy) is 2. The van der Waals surface area contributed by atoms with Crippen molar-refractivity contribution < 1.29 is 27.8 Å². The molecule has 0 amide bonds. The van der Waals surface area contributed by atoms with Crippen LogP contribution in [0.15, 0.2) is 82.6 Å². The zero-order valence-corrected chi connectivity index (χ0v) is 21.8. The van der Waals surface area contributed by atoms with Crippen molar-refractivity contribution in [1.82, 2.24) is 5.32 Å². The second kappa shape index (κ2) is 12.9. The predicted molar refractivity (Wildman–Crippen MR) is 138 cm³/mol. The summed E-state index contributed by atoms with van der Waals surface area (Å²) in [5.74, 6) is -0.111. The summed E-state index contributed by atoms with van der Waals surface area (Å²) in [7, 11) is -3.70. The maximum Gasteiger partial charge on any atom is 0.347 e. The van der Waals surface area contributed by atoms with E-state index in [0.717, 1.165) is 11.1 Å². The fraction of sp³-hybridized carbons (Fsp3) is 0.296. The maximum absolute atomic E-state index is 13.0. The molecule has 0 spiro atoms. The molecular weight excluding hydrogens is 502 g/mol.